The quantitative estimate of drug-likeness (QED) is 0.510. The second-order valence-electron chi connectivity index (χ2n) is 5.23. The lowest BCUT2D eigenvalue weighted by Crippen LogP contribution is -2.16. The Morgan fingerprint density at radius 3 is 2.50 bits per heavy atom. The molecule has 0 radical (unpaired) electrons. The van der Waals surface area contributed by atoms with E-state index in [-0.39, 0.29) is 12.4 Å². The summed E-state index contributed by atoms with van der Waals surface area (Å²) in [4.78, 5) is 0. The molecule has 3 nitrogen and oxygen atoms in total. The van der Waals surface area contributed by atoms with Crippen molar-refractivity contribution in [3.63, 3.8) is 0 Å². The van der Waals surface area contributed by atoms with E-state index in [0.717, 1.165) is 31.0 Å². The number of ether oxygens (including phenoxy) is 2. The molecular weight excluding hydrogens is 322 g/mol. The van der Waals surface area contributed by atoms with Crippen molar-refractivity contribution in [1.82, 2.24) is 5.32 Å². The molecule has 2 aromatic rings. The summed E-state index contributed by atoms with van der Waals surface area (Å²) >= 11 is 0. The fourth-order valence-corrected chi connectivity index (χ4v) is 2.31. The maximum absolute atomic E-state index is 5.66. The molecule has 0 spiro atoms. The summed E-state index contributed by atoms with van der Waals surface area (Å²) in [5.41, 5.74) is 2.54. The predicted molar refractivity (Wildman–Crippen MR) is 102 cm³/mol. The highest BCUT2D eigenvalue weighted by atomic mass is 35.5. The van der Waals surface area contributed by atoms with Gasteiger partial charge < -0.3 is 14.8 Å². The maximum atomic E-state index is 5.66. The van der Waals surface area contributed by atoms with Gasteiger partial charge in [0.25, 0.3) is 0 Å². The van der Waals surface area contributed by atoms with Gasteiger partial charge in [0, 0.05) is 6.54 Å². The molecule has 0 saturated carbocycles. The first-order valence-corrected chi connectivity index (χ1v) is 8.07. The van der Waals surface area contributed by atoms with Crippen LogP contribution in [0.25, 0.3) is 0 Å². The number of hydrogen-bond donors (Lipinski definition) is 1. The third kappa shape index (κ3) is 6.65. The van der Waals surface area contributed by atoms with Crippen molar-refractivity contribution in [1.29, 1.82) is 0 Å². The van der Waals surface area contributed by atoms with Crippen molar-refractivity contribution in [3.05, 3.63) is 72.3 Å². The lowest BCUT2D eigenvalue weighted by molar-refractivity contribution is 0.296. The SMILES string of the molecule is C=CCOc1ccc(CNCCc2ccccc2)cc1OCC.Cl. The second kappa shape index (κ2) is 11.5. The van der Waals surface area contributed by atoms with Gasteiger partial charge in [-0.2, -0.15) is 0 Å². The molecule has 24 heavy (non-hydrogen) atoms. The van der Waals surface area contributed by atoms with Gasteiger partial charge in [-0.05, 0) is 43.1 Å². The third-order valence-electron chi connectivity index (χ3n) is 3.43. The van der Waals surface area contributed by atoms with Crippen molar-refractivity contribution in [2.75, 3.05) is 19.8 Å². The van der Waals surface area contributed by atoms with Gasteiger partial charge >= 0.3 is 0 Å². The molecule has 0 heterocycles. The van der Waals surface area contributed by atoms with Crippen LogP contribution in [-0.4, -0.2) is 19.8 Å². The molecule has 2 rings (SSSR count). The van der Waals surface area contributed by atoms with Gasteiger partial charge in [-0.15, -0.1) is 12.4 Å². The Kier molecular flexibility index (Phi) is 9.66. The Hall–Kier alpha value is -1.97. The molecule has 0 unspecified atom stereocenters. The number of nitrogens with one attached hydrogen (secondary N) is 1. The summed E-state index contributed by atoms with van der Waals surface area (Å²) in [7, 11) is 0. The van der Waals surface area contributed by atoms with Crippen LogP contribution in [0.4, 0.5) is 0 Å². The average molecular weight is 348 g/mol. The number of hydrogen-bond acceptors (Lipinski definition) is 3. The van der Waals surface area contributed by atoms with Crippen LogP contribution in [0.3, 0.4) is 0 Å². The first-order valence-electron chi connectivity index (χ1n) is 8.07. The van der Waals surface area contributed by atoms with E-state index in [9.17, 15) is 0 Å². The predicted octanol–water partition coefficient (Wildman–Crippen LogP) is 4.40. The van der Waals surface area contributed by atoms with E-state index in [4.69, 9.17) is 9.47 Å². The van der Waals surface area contributed by atoms with Crippen LogP contribution < -0.4 is 14.8 Å². The minimum atomic E-state index is 0. The first kappa shape index (κ1) is 20.1. The zero-order valence-electron chi connectivity index (χ0n) is 14.2. The Morgan fingerprint density at radius 2 is 1.79 bits per heavy atom. The Balaban J connectivity index is 0.00000288. The van der Waals surface area contributed by atoms with Crippen LogP contribution in [0.1, 0.15) is 18.1 Å². The summed E-state index contributed by atoms with van der Waals surface area (Å²) in [5.74, 6) is 1.55. The molecule has 130 valence electrons. The van der Waals surface area contributed by atoms with Gasteiger partial charge in [-0.1, -0.05) is 49.1 Å². The normalized spacial score (nSPS) is 9.88. The van der Waals surface area contributed by atoms with Crippen LogP contribution in [0.5, 0.6) is 11.5 Å². The molecule has 0 aliphatic heterocycles. The molecule has 0 aliphatic rings. The lowest BCUT2D eigenvalue weighted by atomic mass is 10.1. The third-order valence-corrected chi connectivity index (χ3v) is 3.43. The second-order valence-corrected chi connectivity index (χ2v) is 5.23. The zero-order chi connectivity index (χ0) is 16.3. The van der Waals surface area contributed by atoms with Crippen molar-refractivity contribution < 1.29 is 9.47 Å². The fraction of sp³-hybridized carbons (Fsp3) is 0.300. The lowest BCUT2D eigenvalue weighted by Gasteiger charge is -2.13. The van der Waals surface area contributed by atoms with Gasteiger partial charge in [-0.3, -0.25) is 0 Å². The molecule has 0 aliphatic carbocycles. The number of rotatable bonds is 10. The van der Waals surface area contributed by atoms with E-state index in [1.54, 1.807) is 6.08 Å². The summed E-state index contributed by atoms with van der Waals surface area (Å²) in [5, 5.41) is 3.47. The van der Waals surface area contributed by atoms with Gasteiger partial charge in [0.15, 0.2) is 11.5 Å². The highest BCUT2D eigenvalue weighted by Gasteiger charge is 2.06. The largest absolute Gasteiger partial charge is 0.490 e. The maximum Gasteiger partial charge on any atom is 0.161 e. The van der Waals surface area contributed by atoms with Gasteiger partial charge in [0.1, 0.15) is 6.61 Å². The van der Waals surface area contributed by atoms with Crippen LogP contribution >= 0.6 is 12.4 Å². The monoisotopic (exact) mass is 347 g/mol. The Morgan fingerprint density at radius 1 is 1.00 bits per heavy atom. The molecule has 0 fully saturated rings. The molecule has 0 amide bonds. The van der Waals surface area contributed by atoms with E-state index < -0.39 is 0 Å². The smallest absolute Gasteiger partial charge is 0.161 e. The van der Waals surface area contributed by atoms with Crippen molar-refractivity contribution in [2.24, 2.45) is 0 Å². The van der Waals surface area contributed by atoms with E-state index in [1.165, 1.54) is 11.1 Å². The van der Waals surface area contributed by atoms with Gasteiger partial charge in [0.05, 0.1) is 6.61 Å². The Bertz CT molecular complexity index is 602. The van der Waals surface area contributed by atoms with Crippen molar-refractivity contribution in [3.8, 4) is 11.5 Å². The average Bonchev–Trinajstić information content (AvgIpc) is 2.59. The summed E-state index contributed by atoms with van der Waals surface area (Å²) < 4.78 is 11.3. The minimum Gasteiger partial charge on any atom is -0.490 e. The highest BCUT2D eigenvalue weighted by molar-refractivity contribution is 5.85. The van der Waals surface area contributed by atoms with Crippen molar-refractivity contribution >= 4 is 12.4 Å². The molecular formula is C20H26ClNO2. The van der Waals surface area contributed by atoms with Crippen molar-refractivity contribution in [2.45, 2.75) is 19.9 Å². The van der Waals surface area contributed by atoms with E-state index >= 15 is 0 Å². The summed E-state index contributed by atoms with van der Waals surface area (Å²) in [6.07, 6.45) is 2.76. The molecule has 0 saturated heterocycles. The standard InChI is InChI=1S/C20H25NO2.ClH/c1-3-14-23-19-11-10-18(15-20(19)22-4-2)16-21-13-12-17-8-6-5-7-9-17;/h3,5-11,15,21H,1,4,12-14,16H2,2H3;1H. The van der Waals surface area contributed by atoms with E-state index in [2.05, 4.69) is 42.2 Å². The van der Waals surface area contributed by atoms with Crippen LogP contribution in [-0.2, 0) is 13.0 Å². The molecule has 0 atom stereocenters. The molecule has 2 aromatic carbocycles. The minimum absolute atomic E-state index is 0. The number of benzene rings is 2. The molecule has 4 heteroatoms. The molecule has 0 aromatic heterocycles. The molecule has 1 N–H and O–H groups in total. The van der Waals surface area contributed by atoms with Gasteiger partial charge in [0.2, 0.25) is 0 Å². The van der Waals surface area contributed by atoms with Crippen LogP contribution in [0.15, 0.2) is 61.2 Å². The van der Waals surface area contributed by atoms with E-state index in [1.807, 2.05) is 25.1 Å². The highest BCUT2D eigenvalue weighted by Crippen LogP contribution is 2.28. The summed E-state index contributed by atoms with van der Waals surface area (Å²) in [6, 6.07) is 16.6. The first-order chi connectivity index (χ1) is 11.3. The molecule has 0 bridgehead atoms. The summed E-state index contributed by atoms with van der Waals surface area (Å²) in [6.45, 7) is 8.50. The Labute approximate surface area is 151 Å². The zero-order valence-corrected chi connectivity index (χ0v) is 15.0. The fourth-order valence-electron chi connectivity index (χ4n) is 2.31. The van der Waals surface area contributed by atoms with Crippen LogP contribution in [0.2, 0.25) is 0 Å². The van der Waals surface area contributed by atoms with E-state index in [0.29, 0.717) is 13.2 Å². The van der Waals surface area contributed by atoms with Gasteiger partial charge in [-0.25, -0.2) is 0 Å². The topological polar surface area (TPSA) is 30.5 Å². The van der Waals surface area contributed by atoms with Crippen LogP contribution in [0, 0.1) is 0 Å². The number of halogens is 1.